The van der Waals surface area contributed by atoms with Gasteiger partial charge in [-0.1, -0.05) is 12.1 Å². The third kappa shape index (κ3) is 4.75. The summed E-state index contributed by atoms with van der Waals surface area (Å²) in [6.45, 7) is 0.418. The molecule has 0 saturated carbocycles. The summed E-state index contributed by atoms with van der Waals surface area (Å²) in [5, 5.41) is 2.71. The summed E-state index contributed by atoms with van der Waals surface area (Å²) < 4.78 is 37.5. The van der Waals surface area contributed by atoms with E-state index in [1.165, 1.54) is 12.1 Å². The number of nitrogens with zero attached hydrogens (tertiary/aromatic N) is 1. The average Bonchev–Trinajstić information content (AvgIpc) is 2.54. The highest BCUT2D eigenvalue weighted by Crippen LogP contribution is 2.29. The molecule has 0 bridgehead atoms. The molecule has 2 aromatic carbocycles. The predicted octanol–water partition coefficient (Wildman–Crippen LogP) is 3.74. The van der Waals surface area contributed by atoms with Crippen LogP contribution in [0.2, 0.25) is 0 Å². The minimum Gasteiger partial charge on any atom is -0.378 e. The van der Waals surface area contributed by atoms with Crippen molar-refractivity contribution in [2.75, 3.05) is 25.5 Å². The Balaban J connectivity index is 1.87. The van der Waals surface area contributed by atoms with Gasteiger partial charge in [0, 0.05) is 31.9 Å². The lowest BCUT2D eigenvalue weighted by atomic mass is 10.1. The Labute approximate surface area is 139 Å². The van der Waals surface area contributed by atoms with Gasteiger partial charge in [-0.3, -0.25) is 4.79 Å². The number of halogens is 3. The Kier molecular flexibility index (Phi) is 5.49. The standard InChI is InChI=1S/C18H19F3N2O/c1-23(2)16-9-3-13(4-10-16)11-12-22-17(24)14-5-7-15(8-6-14)18(19,20)21/h3-10H,11-12H2,1-2H3,(H,22,24). The monoisotopic (exact) mass is 336 g/mol. The van der Waals surface area contributed by atoms with Crippen LogP contribution in [0, 0.1) is 0 Å². The second-order valence-electron chi connectivity index (χ2n) is 5.64. The van der Waals surface area contributed by atoms with Gasteiger partial charge in [-0.15, -0.1) is 0 Å². The van der Waals surface area contributed by atoms with Crippen LogP contribution in [0.4, 0.5) is 18.9 Å². The Hall–Kier alpha value is -2.50. The normalized spacial score (nSPS) is 11.2. The number of alkyl halides is 3. The maximum absolute atomic E-state index is 12.5. The molecule has 2 aromatic rings. The fourth-order valence-electron chi connectivity index (χ4n) is 2.19. The molecule has 0 heterocycles. The first-order valence-electron chi connectivity index (χ1n) is 7.49. The Morgan fingerprint density at radius 2 is 1.58 bits per heavy atom. The predicted molar refractivity (Wildman–Crippen MR) is 88.3 cm³/mol. The highest BCUT2D eigenvalue weighted by Gasteiger charge is 2.30. The number of benzene rings is 2. The number of carbonyl (C=O) groups excluding carboxylic acids is 1. The molecule has 0 aliphatic carbocycles. The molecule has 2 rings (SSSR count). The Morgan fingerprint density at radius 3 is 2.08 bits per heavy atom. The molecule has 24 heavy (non-hydrogen) atoms. The molecule has 0 fully saturated rings. The zero-order chi connectivity index (χ0) is 17.7. The average molecular weight is 336 g/mol. The molecule has 0 spiro atoms. The first kappa shape index (κ1) is 17.8. The summed E-state index contributed by atoms with van der Waals surface area (Å²) in [4.78, 5) is 13.9. The Bertz CT molecular complexity index is 677. The quantitative estimate of drug-likeness (QED) is 0.902. The molecule has 0 aliphatic rings. The van der Waals surface area contributed by atoms with Crippen molar-refractivity contribution in [3.8, 4) is 0 Å². The third-order valence-electron chi connectivity index (χ3n) is 3.63. The lowest BCUT2D eigenvalue weighted by Crippen LogP contribution is -2.25. The van der Waals surface area contributed by atoms with Gasteiger partial charge in [-0.05, 0) is 48.4 Å². The van der Waals surface area contributed by atoms with Gasteiger partial charge in [0.15, 0.2) is 0 Å². The topological polar surface area (TPSA) is 32.3 Å². The van der Waals surface area contributed by atoms with Gasteiger partial charge in [-0.2, -0.15) is 13.2 Å². The molecule has 0 radical (unpaired) electrons. The zero-order valence-electron chi connectivity index (χ0n) is 13.5. The van der Waals surface area contributed by atoms with E-state index in [0.717, 1.165) is 23.4 Å². The van der Waals surface area contributed by atoms with Crippen molar-refractivity contribution < 1.29 is 18.0 Å². The number of anilines is 1. The molecular weight excluding hydrogens is 317 g/mol. The lowest BCUT2D eigenvalue weighted by molar-refractivity contribution is -0.137. The van der Waals surface area contributed by atoms with E-state index in [0.29, 0.717) is 13.0 Å². The van der Waals surface area contributed by atoms with Crippen LogP contribution in [-0.2, 0) is 12.6 Å². The van der Waals surface area contributed by atoms with Crippen LogP contribution in [0.25, 0.3) is 0 Å². The second kappa shape index (κ2) is 7.38. The van der Waals surface area contributed by atoms with Crippen molar-refractivity contribution in [1.29, 1.82) is 0 Å². The van der Waals surface area contributed by atoms with Crippen LogP contribution in [-0.4, -0.2) is 26.5 Å². The highest BCUT2D eigenvalue weighted by atomic mass is 19.4. The van der Waals surface area contributed by atoms with Crippen molar-refractivity contribution in [2.24, 2.45) is 0 Å². The number of rotatable bonds is 5. The molecule has 3 nitrogen and oxygen atoms in total. The van der Waals surface area contributed by atoms with Gasteiger partial charge >= 0.3 is 6.18 Å². The first-order valence-corrected chi connectivity index (χ1v) is 7.49. The lowest BCUT2D eigenvalue weighted by Gasteiger charge is -2.13. The van der Waals surface area contributed by atoms with Crippen molar-refractivity contribution in [3.05, 3.63) is 65.2 Å². The third-order valence-corrected chi connectivity index (χ3v) is 3.63. The van der Waals surface area contributed by atoms with E-state index in [-0.39, 0.29) is 11.5 Å². The SMILES string of the molecule is CN(C)c1ccc(CCNC(=O)c2ccc(C(F)(F)F)cc2)cc1. The van der Waals surface area contributed by atoms with Gasteiger partial charge in [0.05, 0.1) is 5.56 Å². The van der Waals surface area contributed by atoms with Gasteiger partial charge < -0.3 is 10.2 Å². The maximum atomic E-state index is 12.5. The van der Waals surface area contributed by atoms with E-state index in [9.17, 15) is 18.0 Å². The summed E-state index contributed by atoms with van der Waals surface area (Å²) in [5.74, 6) is -0.381. The molecule has 0 unspecified atom stereocenters. The fourth-order valence-corrected chi connectivity index (χ4v) is 2.19. The molecule has 0 saturated heterocycles. The number of nitrogens with one attached hydrogen (secondary N) is 1. The van der Waals surface area contributed by atoms with E-state index >= 15 is 0 Å². The van der Waals surface area contributed by atoms with Crippen molar-refractivity contribution >= 4 is 11.6 Å². The van der Waals surface area contributed by atoms with Crippen LogP contribution >= 0.6 is 0 Å². The van der Waals surface area contributed by atoms with Crippen LogP contribution in [0.15, 0.2) is 48.5 Å². The van der Waals surface area contributed by atoms with Gasteiger partial charge in [0.1, 0.15) is 0 Å². The highest BCUT2D eigenvalue weighted by molar-refractivity contribution is 5.94. The zero-order valence-corrected chi connectivity index (χ0v) is 13.5. The van der Waals surface area contributed by atoms with Crippen LogP contribution in [0.5, 0.6) is 0 Å². The smallest absolute Gasteiger partial charge is 0.378 e. The summed E-state index contributed by atoms with van der Waals surface area (Å²) in [7, 11) is 3.92. The number of carbonyl (C=O) groups is 1. The molecular formula is C18H19F3N2O. The van der Waals surface area contributed by atoms with Crippen LogP contribution in [0.3, 0.4) is 0 Å². The largest absolute Gasteiger partial charge is 0.416 e. The Morgan fingerprint density at radius 1 is 1.00 bits per heavy atom. The van der Waals surface area contributed by atoms with Crippen molar-refractivity contribution in [3.63, 3.8) is 0 Å². The number of amides is 1. The van der Waals surface area contributed by atoms with E-state index in [1.54, 1.807) is 0 Å². The van der Waals surface area contributed by atoms with Crippen LogP contribution in [0.1, 0.15) is 21.5 Å². The molecule has 6 heteroatoms. The molecule has 1 N–H and O–H groups in total. The van der Waals surface area contributed by atoms with Crippen LogP contribution < -0.4 is 10.2 Å². The second-order valence-corrected chi connectivity index (χ2v) is 5.64. The summed E-state index contributed by atoms with van der Waals surface area (Å²) in [6, 6.07) is 12.1. The minimum atomic E-state index is -4.40. The summed E-state index contributed by atoms with van der Waals surface area (Å²) in [5.41, 5.74) is 1.62. The van der Waals surface area contributed by atoms with Crippen molar-refractivity contribution in [2.45, 2.75) is 12.6 Å². The molecule has 1 amide bonds. The van der Waals surface area contributed by atoms with Gasteiger partial charge in [0.2, 0.25) is 0 Å². The molecule has 128 valence electrons. The number of hydrogen-bond donors (Lipinski definition) is 1. The first-order chi connectivity index (χ1) is 11.3. The van der Waals surface area contributed by atoms with E-state index < -0.39 is 11.7 Å². The summed E-state index contributed by atoms with van der Waals surface area (Å²) in [6.07, 6.45) is -3.74. The fraction of sp³-hybridized carbons (Fsp3) is 0.278. The molecule has 0 atom stereocenters. The van der Waals surface area contributed by atoms with Gasteiger partial charge in [-0.25, -0.2) is 0 Å². The van der Waals surface area contributed by atoms with Crippen molar-refractivity contribution in [1.82, 2.24) is 5.32 Å². The molecule has 0 aliphatic heterocycles. The summed E-state index contributed by atoms with van der Waals surface area (Å²) >= 11 is 0. The van der Waals surface area contributed by atoms with E-state index in [1.807, 2.05) is 43.3 Å². The maximum Gasteiger partial charge on any atom is 0.416 e. The minimum absolute atomic E-state index is 0.214. The number of hydrogen-bond acceptors (Lipinski definition) is 2. The van der Waals surface area contributed by atoms with E-state index in [4.69, 9.17) is 0 Å². The van der Waals surface area contributed by atoms with Gasteiger partial charge in [0.25, 0.3) is 5.91 Å². The molecule has 0 aromatic heterocycles. The van der Waals surface area contributed by atoms with E-state index in [2.05, 4.69) is 5.32 Å².